The van der Waals surface area contributed by atoms with Crippen LogP contribution in [-0.4, -0.2) is 38.2 Å². The number of nitrogens with zero attached hydrogens (tertiary/aromatic N) is 4. The molecule has 1 amide bonds. The Balaban J connectivity index is 1.42. The van der Waals surface area contributed by atoms with Crippen LogP contribution in [0, 0.1) is 0 Å². The maximum atomic E-state index is 12.9. The zero-order valence-electron chi connectivity index (χ0n) is 18.2. The van der Waals surface area contributed by atoms with E-state index in [1.54, 1.807) is 27.5 Å². The molecular weight excluding hydrogens is 424 g/mol. The van der Waals surface area contributed by atoms with E-state index in [2.05, 4.69) is 0 Å². The number of carbonyl (C=O) groups is 1. The van der Waals surface area contributed by atoms with Crippen LogP contribution in [-0.2, 0) is 17.9 Å². The maximum absolute atomic E-state index is 12.9. The van der Waals surface area contributed by atoms with E-state index >= 15 is 0 Å². The van der Waals surface area contributed by atoms with Crippen molar-refractivity contribution in [3.05, 3.63) is 93.1 Å². The lowest BCUT2D eigenvalue weighted by Crippen LogP contribution is -2.37. The van der Waals surface area contributed by atoms with Gasteiger partial charge in [0.05, 0.1) is 6.54 Å². The van der Waals surface area contributed by atoms with Crippen molar-refractivity contribution in [1.29, 1.82) is 0 Å². The fourth-order valence-electron chi connectivity index (χ4n) is 4.15. The standard InChI is InChI=1S/C25H27ClN4O2/c1-2-29-24(27-30(25(29)32)18-19-8-4-3-5-9-19)21-14-16-28(17-15-21)23(31)13-12-20-10-6-7-11-22(20)26/h3-13,21H,2,14-18H2,1H3/b13-12+. The van der Waals surface area contributed by atoms with Gasteiger partial charge >= 0.3 is 5.69 Å². The Kier molecular flexibility index (Phi) is 6.90. The van der Waals surface area contributed by atoms with Gasteiger partial charge in [0.2, 0.25) is 5.91 Å². The van der Waals surface area contributed by atoms with Gasteiger partial charge in [-0.25, -0.2) is 9.48 Å². The molecule has 0 atom stereocenters. The van der Waals surface area contributed by atoms with Gasteiger partial charge in [0.1, 0.15) is 5.82 Å². The van der Waals surface area contributed by atoms with Crippen molar-refractivity contribution in [3.63, 3.8) is 0 Å². The summed E-state index contributed by atoms with van der Waals surface area (Å²) in [5.74, 6) is 0.967. The molecule has 6 nitrogen and oxygen atoms in total. The number of aromatic nitrogens is 3. The van der Waals surface area contributed by atoms with Crippen molar-refractivity contribution < 1.29 is 4.79 Å². The third kappa shape index (κ3) is 4.86. The van der Waals surface area contributed by atoms with Crippen LogP contribution in [0.4, 0.5) is 0 Å². The van der Waals surface area contributed by atoms with E-state index in [-0.39, 0.29) is 17.5 Å². The van der Waals surface area contributed by atoms with Gasteiger partial charge in [0, 0.05) is 36.7 Å². The second-order valence-electron chi connectivity index (χ2n) is 7.98. The summed E-state index contributed by atoms with van der Waals surface area (Å²) in [4.78, 5) is 27.3. The number of piperidine rings is 1. The summed E-state index contributed by atoms with van der Waals surface area (Å²) in [7, 11) is 0. The predicted molar refractivity (Wildman–Crippen MR) is 127 cm³/mol. The number of amides is 1. The van der Waals surface area contributed by atoms with Crippen molar-refractivity contribution >= 4 is 23.6 Å². The van der Waals surface area contributed by atoms with Crippen LogP contribution in [0.5, 0.6) is 0 Å². The number of benzene rings is 2. The average Bonchev–Trinajstić information content (AvgIpc) is 3.14. The smallest absolute Gasteiger partial charge is 0.339 e. The van der Waals surface area contributed by atoms with E-state index < -0.39 is 0 Å². The molecule has 32 heavy (non-hydrogen) atoms. The number of likely N-dealkylation sites (tertiary alicyclic amines) is 1. The van der Waals surface area contributed by atoms with Gasteiger partial charge in [-0.1, -0.05) is 60.1 Å². The van der Waals surface area contributed by atoms with E-state index in [1.807, 2.05) is 60.4 Å². The van der Waals surface area contributed by atoms with Crippen molar-refractivity contribution in [2.75, 3.05) is 13.1 Å². The van der Waals surface area contributed by atoms with Crippen molar-refractivity contribution in [2.24, 2.45) is 0 Å². The van der Waals surface area contributed by atoms with Crippen LogP contribution >= 0.6 is 11.6 Å². The molecule has 0 saturated carbocycles. The predicted octanol–water partition coefficient (Wildman–Crippen LogP) is 4.19. The molecule has 1 aliphatic rings. The summed E-state index contributed by atoms with van der Waals surface area (Å²) >= 11 is 6.16. The minimum atomic E-state index is -0.0764. The monoisotopic (exact) mass is 450 g/mol. The number of hydrogen-bond donors (Lipinski definition) is 0. The van der Waals surface area contributed by atoms with Crippen LogP contribution < -0.4 is 5.69 Å². The molecule has 7 heteroatoms. The van der Waals surface area contributed by atoms with Gasteiger partial charge in [-0.2, -0.15) is 5.10 Å². The Hall–Kier alpha value is -3.12. The summed E-state index contributed by atoms with van der Waals surface area (Å²) in [5, 5.41) is 5.31. The van der Waals surface area contributed by atoms with Crippen LogP contribution in [0.3, 0.4) is 0 Å². The van der Waals surface area contributed by atoms with Crippen LogP contribution in [0.1, 0.15) is 42.6 Å². The van der Waals surface area contributed by atoms with Gasteiger partial charge in [-0.15, -0.1) is 0 Å². The molecule has 0 radical (unpaired) electrons. The number of carbonyl (C=O) groups excluding carboxylic acids is 1. The Morgan fingerprint density at radius 3 is 2.47 bits per heavy atom. The quantitative estimate of drug-likeness (QED) is 0.529. The fourth-order valence-corrected chi connectivity index (χ4v) is 4.35. The molecule has 1 aromatic heterocycles. The number of rotatable bonds is 6. The van der Waals surface area contributed by atoms with Crippen LogP contribution in [0.2, 0.25) is 5.02 Å². The minimum Gasteiger partial charge on any atom is -0.339 e. The minimum absolute atomic E-state index is 0.0224. The first-order valence-electron chi connectivity index (χ1n) is 11.0. The largest absolute Gasteiger partial charge is 0.346 e. The zero-order valence-corrected chi connectivity index (χ0v) is 18.9. The summed E-state index contributed by atoms with van der Waals surface area (Å²) in [6, 6.07) is 17.3. The molecule has 4 rings (SSSR count). The molecule has 0 N–H and O–H groups in total. The zero-order chi connectivity index (χ0) is 22.5. The SMILES string of the molecule is CCn1c(C2CCN(C(=O)/C=C/c3ccccc3Cl)CC2)nn(Cc2ccccc2)c1=O. The highest BCUT2D eigenvalue weighted by Crippen LogP contribution is 2.26. The molecule has 1 saturated heterocycles. The lowest BCUT2D eigenvalue weighted by molar-refractivity contribution is -0.127. The first-order valence-corrected chi connectivity index (χ1v) is 11.4. The van der Waals surface area contributed by atoms with Crippen molar-refractivity contribution in [1.82, 2.24) is 19.2 Å². The maximum Gasteiger partial charge on any atom is 0.346 e. The third-order valence-corrected chi connectivity index (χ3v) is 6.27. The van der Waals surface area contributed by atoms with Crippen LogP contribution in [0.15, 0.2) is 65.5 Å². The first kappa shape index (κ1) is 22.1. The van der Waals surface area contributed by atoms with Crippen molar-refractivity contribution in [3.8, 4) is 0 Å². The molecule has 2 heterocycles. The second-order valence-corrected chi connectivity index (χ2v) is 8.39. The Morgan fingerprint density at radius 2 is 1.78 bits per heavy atom. The van der Waals surface area contributed by atoms with E-state index in [9.17, 15) is 9.59 Å². The van der Waals surface area contributed by atoms with Gasteiger partial charge in [0.25, 0.3) is 0 Å². The Labute approximate surface area is 192 Å². The Bertz CT molecular complexity index is 1160. The van der Waals surface area contributed by atoms with Crippen LogP contribution in [0.25, 0.3) is 6.08 Å². The molecule has 2 aromatic carbocycles. The molecular formula is C25H27ClN4O2. The summed E-state index contributed by atoms with van der Waals surface area (Å²) in [6.07, 6.45) is 4.91. The normalized spacial score (nSPS) is 14.9. The molecule has 1 fully saturated rings. The molecule has 0 unspecified atom stereocenters. The second kappa shape index (κ2) is 10.0. The highest BCUT2D eigenvalue weighted by Gasteiger charge is 2.27. The van der Waals surface area contributed by atoms with Gasteiger partial charge in [-0.3, -0.25) is 9.36 Å². The topological polar surface area (TPSA) is 60.1 Å². The van der Waals surface area contributed by atoms with E-state index in [0.29, 0.717) is 31.2 Å². The summed E-state index contributed by atoms with van der Waals surface area (Å²) < 4.78 is 3.32. The Morgan fingerprint density at radius 1 is 1.09 bits per heavy atom. The average molecular weight is 451 g/mol. The van der Waals surface area contributed by atoms with Gasteiger partial charge in [0.15, 0.2) is 0 Å². The van der Waals surface area contributed by atoms with E-state index in [0.717, 1.165) is 29.8 Å². The van der Waals surface area contributed by atoms with E-state index in [4.69, 9.17) is 16.7 Å². The van der Waals surface area contributed by atoms with E-state index in [1.165, 1.54) is 0 Å². The van der Waals surface area contributed by atoms with Gasteiger partial charge < -0.3 is 4.90 Å². The highest BCUT2D eigenvalue weighted by molar-refractivity contribution is 6.32. The summed E-state index contributed by atoms with van der Waals surface area (Å²) in [5.41, 5.74) is 1.80. The fraction of sp³-hybridized carbons (Fsp3) is 0.320. The summed E-state index contributed by atoms with van der Waals surface area (Å²) in [6.45, 7) is 4.30. The molecule has 3 aromatic rings. The number of hydrogen-bond acceptors (Lipinski definition) is 3. The third-order valence-electron chi connectivity index (χ3n) is 5.93. The highest BCUT2D eigenvalue weighted by atomic mass is 35.5. The van der Waals surface area contributed by atoms with Crippen molar-refractivity contribution in [2.45, 2.75) is 38.8 Å². The van der Waals surface area contributed by atoms with Gasteiger partial charge in [-0.05, 0) is 43.0 Å². The molecule has 0 bridgehead atoms. The number of halogens is 1. The lowest BCUT2D eigenvalue weighted by atomic mass is 9.95. The molecule has 1 aliphatic heterocycles. The molecule has 0 aliphatic carbocycles. The first-order chi connectivity index (χ1) is 15.6. The molecule has 0 spiro atoms. The molecule has 166 valence electrons. The lowest BCUT2D eigenvalue weighted by Gasteiger charge is -2.30.